The summed E-state index contributed by atoms with van der Waals surface area (Å²) >= 11 is 6.29. The summed E-state index contributed by atoms with van der Waals surface area (Å²) in [6.45, 7) is 3.80. The predicted molar refractivity (Wildman–Crippen MR) is 110 cm³/mol. The quantitative estimate of drug-likeness (QED) is 0.663. The highest BCUT2D eigenvalue weighted by atomic mass is 35.5. The number of piperidine rings is 1. The van der Waals surface area contributed by atoms with Gasteiger partial charge in [0.2, 0.25) is 0 Å². The van der Waals surface area contributed by atoms with Gasteiger partial charge in [-0.1, -0.05) is 30.7 Å². The molecule has 1 aliphatic rings. The fraction of sp³-hybridized carbons (Fsp3) is 0.318. The molecule has 0 aliphatic carbocycles. The van der Waals surface area contributed by atoms with Crippen LogP contribution in [0.5, 0.6) is 11.5 Å². The molecule has 1 aliphatic heterocycles. The summed E-state index contributed by atoms with van der Waals surface area (Å²) in [5.41, 5.74) is 0.640. The van der Waals surface area contributed by atoms with Crippen molar-refractivity contribution in [2.75, 3.05) is 20.1 Å². The first-order chi connectivity index (χ1) is 13.3. The number of nitrogens with zero attached hydrogens (tertiary/aromatic N) is 1. The molecule has 6 heteroatoms. The zero-order valence-electron chi connectivity index (χ0n) is 15.8. The first kappa shape index (κ1) is 18.8. The van der Waals surface area contributed by atoms with E-state index in [0.717, 1.165) is 25.9 Å². The first-order valence-electron chi connectivity index (χ1n) is 9.27. The second-order valence-electron chi connectivity index (χ2n) is 7.81. The summed E-state index contributed by atoms with van der Waals surface area (Å²) in [5, 5.41) is 21.6. The maximum Gasteiger partial charge on any atom is 0.197 e. The Hall–Kier alpha value is -2.50. The molecule has 2 heterocycles. The number of hydrogen-bond acceptors (Lipinski definition) is 5. The second-order valence-corrected chi connectivity index (χ2v) is 8.22. The number of aromatic hydroxyl groups is 2. The van der Waals surface area contributed by atoms with Crippen LogP contribution in [0.1, 0.15) is 25.3 Å². The smallest absolute Gasteiger partial charge is 0.197 e. The van der Waals surface area contributed by atoms with Crippen molar-refractivity contribution in [2.24, 2.45) is 0 Å². The van der Waals surface area contributed by atoms with Crippen LogP contribution in [0.2, 0.25) is 5.02 Å². The van der Waals surface area contributed by atoms with E-state index in [1.165, 1.54) is 12.1 Å². The number of benzene rings is 2. The fourth-order valence-electron chi connectivity index (χ4n) is 4.04. The Bertz CT molecular complexity index is 1110. The van der Waals surface area contributed by atoms with Gasteiger partial charge in [-0.15, -0.1) is 0 Å². The van der Waals surface area contributed by atoms with Gasteiger partial charge in [-0.2, -0.15) is 0 Å². The molecule has 1 saturated heterocycles. The van der Waals surface area contributed by atoms with Gasteiger partial charge in [0.15, 0.2) is 5.43 Å². The zero-order chi connectivity index (χ0) is 20.1. The van der Waals surface area contributed by atoms with E-state index in [-0.39, 0.29) is 33.3 Å². The fourth-order valence-corrected chi connectivity index (χ4v) is 4.27. The van der Waals surface area contributed by atoms with Gasteiger partial charge in [0.1, 0.15) is 28.2 Å². The van der Waals surface area contributed by atoms with Crippen LogP contribution < -0.4 is 5.43 Å². The van der Waals surface area contributed by atoms with E-state index in [9.17, 15) is 15.0 Å². The van der Waals surface area contributed by atoms with Crippen LogP contribution in [0.25, 0.3) is 22.3 Å². The van der Waals surface area contributed by atoms with Gasteiger partial charge in [0.05, 0.1) is 5.02 Å². The Labute approximate surface area is 167 Å². The highest BCUT2D eigenvalue weighted by Gasteiger charge is 2.36. The van der Waals surface area contributed by atoms with Crippen LogP contribution in [-0.2, 0) is 5.41 Å². The average Bonchev–Trinajstić information content (AvgIpc) is 2.64. The van der Waals surface area contributed by atoms with E-state index in [0.29, 0.717) is 21.9 Å². The Morgan fingerprint density at radius 3 is 2.46 bits per heavy atom. The largest absolute Gasteiger partial charge is 0.507 e. The van der Waals surface area contributed by atoms with E-state index < -0.39 is 0 Å². The number of likely N-dealkylation sites (tertiary alicyclic amines) is 1. The Morgan fingerprint density at radius 1 is 1.11 bits per heavy atom. The van der Waals surface area contributed by atoms with Crippen molar-refractivity contribution in [3.63, 3.8) is 0 Å². The molecule has 1 aromatic heterocycles. The molecule has 0 atom stereocenters. The molecule has 4 rings (SSSR count). The van der Waals surface area contributed by atoms with Crippen LogP contribution in [0, 0.1) is 0 Å². The molecule has 28 heavy (non-hydrogen) atoms. The van der Waals surface area contributed by atoms with Gasteiger partial charge in [-0.3, -0.25) is 4.79 Å². The number of phenolic OH excluding ortho intramolecular Hbond substituents is 2. The van der Waals surface area contributed by atoms with Crippen molar-refractivity contribution in [3.8, 4) is 22.8 Å². The van der Waals surface area contributed by atoms with Crippen LogP contribution >= 0.6 is 11.6 Å². The maximum absolute atomic E-state index is 12.9. The van der Waals surface area contributed by atoms with Crippen LogP contribution in [0.3, 0.4) is 0 Å². The average molecular weight is 400 g/mol. The lowest BCUT2D eigenvalue weighted by atomic mass is 9.73. The van der Waals surface area contributed by atoms with Crippen molar-refractivity contribution < 1.29 is 14.6 Å². The van der Waals surface area contributed by atoms with Crippen LogP contribution in [0.15, 0.2) is 45.6 Å². The van der Waals surface area contributed by atoms with Gasteiger partial charge in [0.25, 0.3) is 0 Å². The SMILES string of the molecule is CN1CCC(C)(c2c(O)cc(O)c3c(=O)cc(-c4ccccc4Cl)oc23)CC1. The molecule has 5 nitrogen and oxygen atoms in total. The summed E-state index contributed by atoms with van der Waals surface area (Å²) in [4.78, 5) is 15.1. The minimum atomic E-state index is -0.377. The standard InChI is InChI=1S/C22H22ClNO4/c1-22(7-9-24(2)10-8-22)20-17(27)11-15(25)19-16(26)12-18(28-21(19)20)13-5-3-4-6-14(13)23/h3-6,11-12,25,27H,7-10H2,1-2H3. The highest BCUT2D eigenvalue weighted by molar-refractivity contribution is 6.33. The normalized spacial score (nSPS) is 17.1. The molecule has 3 aromatic rings. The van der Waals surface area contributed by atoms with Crippen molar-refractivity contribution >= 4 is 22.6 Å². The summed E-state index contributed by atoms with van der Waals surface area (Å²) in [6, 6.07) is 9.68. The number of rotatable bonds is 2. The molecule has 2 N–H and O–H groups in total. The predicted octanol–water partition coefficient (Wildman–Crippen LogP) is 4.51. The summed E-state index contributed by atoms with van der Waals surface area (Å²) < 4.78 is 6.13. The molecule has 0 unspecified atom stereocenters. The summed E-state index contributed by atoms with van der Waals surface area (Å²) in [5.74, 6) is -0.0328. The van der Waals surface area contributed by atoms with Crippen LogP contribution in [0.4, 0.5) is 0 Å². The van der Waals surface area contributed by atoms with Crippen molar-refractivity contribution in [1.82, 2.24) is 4.90 Å². The van der Waals surface area contributed by atoms with E-state index in [2.05, 4.69) is 18.9 Å². The molecular formula is C22H22ClNO4. The Morgan fingerprint density at radius 2 is 1.79 bits per heavy atom. The molecule has 146 valence electrons. The van der Waals surface area contributed by atoms with E-state index in [4.69, 9.17) is 16.0 Å². The van der Waals surface area contributed by atoms with Gasteiger partial charge < -0.3 is 19.5 Å². The molecule has 0 saturated carbocycles. The molecular weight excluding hydrogens is 378 g/mol. The Balaban J connectivity index is 2.03. The number of phenols is 2. The summed E-state index contributed by atoms with van der Waals surface area (Å²) in [7, 11) is 2.06. The van der Waals surface area contributed by atoms with Gasteiger partial charge >= 0.3 is 0 Å². The van der Waals surface area contributed by atoms with Crippen LogP contribution in [-0.4, -0.2) is 35.3 Å². The molecule has 0 amide bonds. The van der Waals surface area contributed by atoms with Crippen molar-refractivity contribution in [1.29, 1.82) is 0 Å². The first-order valence-corrected chi connectivity index (χ1v) is 9.65. The molecule has 0 spiro atoms. The third-order valence-electron chi connectivity index (χ3n) is 5.79. The highest BCUT2D eigenvalue weighted by Crippen LogP contribution is 2.46. The van der Waals surface area contributed by atoms with E-state index in [1.54, 1.807) is 18.2 Å². The molecule has 2 aromatic carbocycles. The van der Waals surface area contributed by atoms with Gasteiger partial charge in [-0.05, 0) is 45.1 Å². The van der Waals surface area contributed by atoms with Gasteiger partial charge in [0, 0.05) is 28.7 Å². The Kier molecular flexibility index (Phi) is 4.60. The molecule has 1 fully saturated rings. The lowest BCUT2D eigenvalue weighted by molar-refractivity contribution is 0.197. The monoisotopic (exact) mass is 399 g/mol. The number of hydrogen-bond donors (Lipinski definition) is 2. The summed E-state index contributed by atoms with van der Waals surface area (Å²) in [6.07, 6.45) is 1.61. The second kappa shape index (κ2) is 6.83. The molecule has 0 radical (unpaired) electrons. The van der Waals surface area contributed by atoms with E-state index in [1.807, 2.05) is 6.07 Å². The van der Waals surface area contributed by atoms with E-state index >= 15 is 0 Å². The minimum Gasteiger partial charge on any atom is -0.507 e. The van der Waals surface area contributed by atoms with Gasteiger partial charge in [-0.25, -0.2) is 0 Å². The number of halogens is 1. The third-order valence-corrected chi connectivity index (χ3v) is 6.12. The minimum absolute atomic E-state index is 0.0588. The lowest BCUT2D eigenvalue weighted by Gasteiger charge is -2.38. The zero-order valence-corrected chi connectivity index (χ0v) is 16.6. The third kappa shape index (κ3) is 3.05. The van der Waals surface area contributed by atoms with Crippen molar-refractivity contribution in [2.45, 2.75) is 25.2 Å². The molecule has 0 bridgehead atoms. The van der Waals surface area contributed by atoms with Crippen molar-refractivity contribution in [3.05, 3.63) is 57.2 Å². The lowest BCUT2D eigenvalue weighted by Crippen LogP contribution is -2.39. The topological polar surface area (TPSA) is 73.9 Å². The number of fused-ring (bicyclic) bond motifs is 1. The maximum atomic E-state index is 12.9.